The van der Waals surface area contributed by atoms with Gasteiger partial charge in [-0.25, -0.2) is 4.98 Å². The lowest BCUT2D eigenvalue weighted by Crippen LogP contribution is -2.33. The molecule has 1 fully saturated rings. The Bertz CT molecular complexity index is 1060. The van der Waals surface area contributed by atoms with E-state index in [1.54, 1.807) is 12.3 Å². The average molecular weight is 407 g/mol. The lowest BCUT2D eigenvalue weighted by molar-refractivity contribution is 0.202. The zero-order valence-electron chi connectivity index (χ0n) is 18.2. The first-order valence-corrected chi connectivity index (χ1v) is 10.7. The van der Waals surface area contributed by atoms with Crippen molar-refractivity contribution in [3.63, 3.8) is 0 Å². The van der Waals surface area contributed by atoms with Gasteiger partial charge in [0.1, 0.15) is 5.69 Å². The molecule has 3 aromatic heterocycles. The van der Waals surface area contributed by atoms with Gasteiger partial charge in [-0.15, -0.1) is 0 Å². The Kier molecular flexibility index (Phi) is 5.81. The highest BCUT2D eigenvalue weighted by molar-refractivity contribution is 5.48. The highest BCUT2D eigenvalue weighted by Gasteiger charge is 2.24. The van der Waals surface area contributed by atoms with Crippen molar-refractivity contribution in [3.8, 4) is 11.5 Å². The number of piperidine rings is 1. The summed E-state index contributed by atoms with van der Waals surface area (Å²) in [6, 6.07) is 7.65. The lowest BCUT2D eigenvalue weighted by Gasteiger charge is -2.31. The monoisotopic (exact) mass is 406 g/mol. The number of hydrogen-bond donors (Lipinski definition) is 1. The van der Waals surface area contributed by atoms with E-state index in [0.717, 1.165) is 43.9 Å². The molecule has 0 saturated carbocycles. The second-order valence-corrected chi connectivity index (χ2v) is 8.47. The molecule has 4 rings (SSSR count). The van der Waals surface area contributed by atoms with Gasteiger partial charge in [0.05, 0.1) is 11.4 Å². The number of aryl methyl sites for hydroxylation is 1. The first-order chi connectivity index (χ1) is 14.4. The van der Waals surface area contributed by atoms with E-state index >= 15 is 0 Å². The molecule has 0 bridgehead atoms. The molecule has 7 nitrogen and oxygen atoms in total. The molecular weight excluding hydrogens is 376 g/mol. The van der Waals surface area contributed by atoms with Crippen molar-refractivity contribution in [1.82, 2.24) is 29.6 Å². The van der Waals surface area contributed by atoms with E-state index in [1.165, 1.54) is 11.3 Å². The van der Waals surface area contributed by atoms with Gasteiger partial charge >= 0.3 is 0 Å². The van der Waals surface area contributed by atoms with Gasteiger partial charge in [0, 0.05) is 42.0 Å². The van der Waals surface area contributed by atoms with Crippen LogP contribution in [-0.4, -0.2) is 42.7 Å². The van der Waals surface area contributed by atoms with Crippen LogP contribution in [0.2, 0.25) is 0 Å². The summed E-state index contributed by atoms with van der Waals surface area (Å²) in [7, 11) is 0. The summed E-state index contributed by atoms with van der Waals surface area (Å²) in [5, 5.41) is 4.72. The number of rotatable bonds is 5. The quantitative estimate of drug-likeness (QED) is 0.700. The zero-order valence-corrected chi connectivity index (χ0v) is 18.2. The SMILES string of the molecule is Cc1nn(C(C)C)c(C)c1CN1CCC(c2cc(=O)[nH]c(-c3ccccn3)n2)CC1. The van der Waals surface area contributed by atoms with Gasteiger partial charge in [-0.3, -0.25) is 19.4 Å². The molecule has 3 aromatic rings. The Morgan fingerprint density at radius 1 is 1.20 bits per heavy atom. The first-order valence-electron chi connectivity index (χ1n) is 10.7. The van der Waals surface area contributed by atoms with Gasteiger partial charge in [0.15, 0.2) is 5.82 Å². The minimum Gasteiger partial charge on any atom is -0.305 e. The standard InChI is InChI=1S/C23H30N6O/c1-15(2)29-17(4)19(16(3)27-29)14-28-11-8-18(9-12-28)21-13-22(30)26-23(25-21)20-7-5-6-10-24-20/h5-7,10,13,15,18H,8-9,11-12,14H2,1-4H3,(H,25,26,30). The van der Waals surface area contributed by atoms with Crippen LogP contribution >= 0.6 is 0 Å². The smallest absolute Gasteiger partial charge is 0.251 e. The van der Waals surface area contributed by atoms with Crippen LogP contribution in [0.4, 0.5) is 0 Å². The summed E-state index contributed by atoms with van der Waals surface area (Å²) in [5.74, 6) is 0.847. The van der Waals surface area contributed by atoms with Gasteiger partial charge in [-0.1, -0.05) is 6.07 Å². The number of aromatic nitrogens is 5. The fraction of sp³-hybridized carbons (Fsp3) is 0.478. The fourth-order valence-corrected chi connectivity index (χ4v) is 4.35. The summed E-state index contributed by atoms with van der Waals surface area (Å²) in [6.45, 7) is 11.5. The summed E-state index contributed by atoms with van der Waals surface area (Å²) in [4.78, 5) is 26.6. The molecule has 0 aliphatic carbocycles. The van der Waals surface area contributed by atoms with E-state index in [4.69, 9.17) is 10.1 Å². The minimum absolute atomic E-state index is 0.115. The predicted octanol–water partition coefficient (Wildman–Crippen LogP) is 3.61. The molecule has 0 amide bonds. The highest BCUT2D eigenvalue weighted by atomic mass is 16.1. The van der Waals surface area contributed by atoms with E-state index in [-0.39, 0.29) is 5.56 Å². The van der Waals surface area contributed by atoms with Crippen LogP contribution in [0.1, 0.15) is 61.3 Å². The van der Waals surface area contributed by atoms with Gasteiger partial charge in [0.2, 0.25) is 0 Å². The molecule has 0 atom stereocenters. The van der Waals surface area contributed by atoms with Crippen molar-refractivity contribution in [2.75, 3.05) is 13.1 Å². The van der Waals surface area contributed by atoms with Crippen molar-refractivity contribution in [2.24, 2.45) is 0 Å². The number of pyridine rings is 1. The molecule has 4 heterocycles. The average Bonchev–Trinajstić information content (AvgIpc) is 3.03. The molecule has 1 aliphatic heterocycles. The van der Waals surface area contributed by atoms with Gasteiger partial charge in [-0.05, 0) is 65.8 Å². The number of likely N-dealkylation sites (tertiary alicyclic amines) is 1. The van der Waals surface area contributed by atoms with Crippen molar-refractivity contribution in [3.05, 3.63) is 63.5 Å². The van der Waals surface area contributed by atoms with Crippen LogP contribution in [0, 0.1) is 13.8 Å². The third-order valence-corrected chi connectivity index (χ3v) is 6.02. The number of nitrogens with one attached hydrogen (secondary N) is 1. The molecule has 30 heavy (non-hydrogen) atoms. The van der Waals surface area contributed by atoms with Gasteiger partial charge in [0.25, 0.3) is 5.56 Å². The third kappa shape index (κ3) is 4.21. The minimum atomic E-state index is -0.115. The second-order valence-electron chi connectivity index (χ2n) is 8.47. The molecule has 0 unspecified atom stereocenters. The van der Waals surface area contributed by atoms with E-state index in [2.05, 4.69) is 47.2 Å². The van der Waals surface area contributed by atoms with Crippen LogP contribution in [0.15, 0.2) is 35.3 Å². The molecule has 1 N–H and O–H groups in total. The van der Waals surface area contributed by atoms with Gasteiger partial charge in [-0.2, -0.15) is 5.10 Å². The lowest BCUT2D eigenvalue weighted by atomic mass is 9.93. The molecule has 1 saturated heterocycles. The maximum atomic E-state index is 12.2. The zero-order chi connectivity index (χ0) is 21.3. The van der Waals surface area contributed by atoms with E-state index in [9.17, 15) is 4.79 Å². The molecular formula is C23H30N6O. The molecule has 7 heteroatoms. The summed E-state index contributed by atoms with van der Waals surface area (Å²) in [5.41, 5.74) is 5.19. The predicted molar refractivity (Wildman–Crippen MR) is 117 cm³/mol. The van der Waals surface area contributed by atoms with E-state index in [0.29, 0.717) is 23.5 Å². The number of H-pyrrole nitrogens is 1. The van der Waals surface area contributed by atoms with Crippen molar-refractivity contribution >= 4 is 0 Å². The molecule has 0 radical (unpaired) electrons. The van der Waals surface area contributed by atoms with Crippen LogP contribution < -0.4 is 5.56 Å². The third-order valence-electron chi connectivity index (χ3n) is 6.02. The summed E-state index contributed by atoms with van der Waals surface area (Å²) < 4.78 is 2.12. The molecule has 0 aromatic carbocycles. The Morgan fingerprint density at radius 2 is 1.97 bits per heavy atom. The van der Waals surface area contributed by atoms with Crippen LogP contribution in [0.25, 0.3) is 11.5 Å². The maximum absolute atomic E-state index is 12.2. The second kappa shape index (κ2) is 8.52. The Hall–Kier alpha value is -2.80. The molecule has 1 aliphatic rings. The van der Waals surface area contributed by atoms with Crippen LogP contribution in [0.3, 0.4) is 0 Å². The first kappa shape index (κ1) is 20.5. The van der Waals surface area contributed by atoms with Crippen LogP contribution in [0.5, 0.6) is 0 Å². The Balaban J connectivity index is 1.46. The van der Waals surface area contributed by atoms with Crippen LogP contribution in [-0.2, 0) is 6.54 Å². The molecule has 158 valence electrons. The number of nitrogens with zero attached hydrogens (tertiary/aromatic N) is 5. The normalized spacial score (nSPS) is 15.8. The Labute approximate surface area is 177 Å². The van der Waals surface area contributed by atoms with E-state index in [1.807, 2.05) is 18.2 Å². The summed E-state index contributed by atoms with van der Waals surface area (Å²) >= 11 is 0. The van der Waals surface area contributed by atoms with E-state index < -0.39 is 0 Å². The van der Waals surface area contributed by atoms with Crippen molar-refractivity contribution in [2.45, 2.75) is 59.0 Å². The topological polar surface area (TPSA) is 79.7 Å². The largest absolute Gasteiger partial charge is 0.305 e. The van der Waals surface area contributed by atoms with Gasteiger partial charge < -0.3 is 4.98 Å². The Morgan fingerprint density at radius 3 is 2.60 bits per heavy atom. The summed E-state index contributed by atoms with van der Waals surface area (Å²) in [6.07, 6.45) is 3.70. The highest BCUT2D eigenvalue weighted by Crippen LogP contribution is 2.29. The van der Waals surface area contributed by atoms with Crippen molar-refractivity contribution in [1.29, 1.82) is 0 Å². The molecule has 0 spiro atoms. The number of hydrogen-bond acceptors (Lipinski definition) is 5. The number of aromatic amines is 1. The fourth-order valence-electron chi connectivity index (χ4n) is 4.35. The van der Waals surface area contributed by atoms with Crippen molar-refractivity contribution < 1.29 is 0 Å². The maximum Gasteiger partial charge on any atom is 0.251 e.